The number of thioether (sulfide) groups is 1. The Hall–Kier alpha value is -2.19. The standard InChI is InChI=1S/C17H24N6OS/c1-11(14-4-5-15(18)16(19)10-14)22-6-8-23(9-7-22)17(20)25-13(3)21-12(2)24/h4-5,10-11,18-20H,3,6-9H2,1-2H3,(H,21,24). The van der Waals surface area contributed by atoms with Crippen LogP contribution in [0.3, 0.4) is 0 Å². The van der Waals surface area contributed by atoms with Crippen molar-refractivity contribution in [1.82, 2.24) is 15.1 Å². The Morgan fingerprint density at radius 2 is 1.88 bits per heavy atom. The molecule has 2 aliphatic rings. The average Bonchev–Trinajstić information content (AvgIpc) is 2.56. The van der Waals surface area contributed by atoms with E-state index in [1.807, 2.05) is 11.0 Å². The molecule has 1 aliphatic carbocycles. The molecule has 1 fully saturated rings. The summed E-state index contributed by atoms with van der Waals surface area (Å²) in [5.74, 6) is -0.184. The first-order chi connectivity index (χ1) is 11.8. The van der Waals surface area contributed by atoms with Crippen LogP contribution < -0.4 is 5.32 Å². The Labute approximate surface area is 152 Å². The summed E-state index contributed by atoms with van der Waals surface area (Å²) in [5.41, 5.74) is 1.53. The molecular formula is C17H24N6OS. The van der Waals surface area contributed by atoms with Crippen molar-refractivity contribution >= 4 is 34.3 Å². The van der Waals surface area contributed by atoms with Gasteiger partial charge in [-0.1, -0.05) is 12.7 Å². The van der Waals surface area contributed by atoms with Crippen molar-refractivity contribution in [2.24, 2.45) is 0 Å². The lowest BCUT2D eigenvalue weighted by Crippen LogP contribution is -2.51. The van der Waals surface area contributed by atoms with Crippen molar-refractivity contribution in [2.75, 3.05) is 26.2 Å². The number of amidine groups is 1. The number of allylic oxidation sites excluding steroid dienone is 2. The van der Waals surface area contributed by atoms with E-state index in [1.54, 1.807) is 12.2 Å². The molecule has 0 radical (unpaired) electrons. The summed E-state index contributed by atoms with van der Waals surface area (Å²) in [6.45, 7) is 10.4. The Bertz CT molecular complexity index is 673. The number of amides is 1. The summed E-state index contributed by atoms with van der Waals surface area (Å²) in [4.78, 5) is 15.3. The van der Waals surface area contributed by atoms with Crippen LogP contribution in [0.5, 0.6) is 0 Å². The van der Waals surface area contributed by atoms with Crippen LogP contribution in [0, 0.1) is 16.2 Å². The molecule has 8 heteroatoms. The third kappa shape index (κ3) is 5.14. The molecule has 1 amide bonds. The van der Waals surface area contributed by atoms with Gasteiger partial charge in [-0.3, -0.25) is 25.9 Å². The maximum atomic E-state index is 11.0. The number of nitrogens with one attached hydrogen (secondary N) is 4. The fourth-order valence-electron chi connectivity index (χ4n) is 2.75. The van der Waals surface area contributed by atoms with Gasteiger partial charge in [0.2, 0.25) is 5.91 Å². The molecule has 25 heavy (non-hydrogen) atoms. The van der Waals surface area contributed by atoms with Crippen LogP contribution in [-0.2, 0) is 4.79 Å². The number of hydrogen-bond donors (Lipinski definition) is 4. The number of nitrogens with zero attached hydrogens (tertiary/aromatic N) is 2. The molecule has 1 unspecified atom stereocenters. The van der Waals surface area contributed by atoms with E-state index in [-0.39, 0.29) is 23.4 Å². The smallest absolute Gasteiger partial charge is 0.221 e. The van der Waals surface area contributed by atoms with Crippen LogP contribution in [-0.4, -0.2) is 64.5 Å². The second-order valence-electron chi connectivity index (χ2n) is 6.02. The molecule has 0 spiro atoms. The van der Waals surface area contributed by atoms with E-state index < -0.39 is 0 Å². The van der Waals surface area contributed by atoms with E-state index in [0.29, 0.717) is 10.2 Å². The fraction of sp³-hybridized carbons (Fsp3) is 0.412. The zero-order valence-electron chi connectivity index (χ0n) is 14.6. The second-order valence-corrected chi connectivity index (χ2v) is 7.10. The Morgan fingerprint density at radius 1 is 1.24 bits per heavy atom. The van der Waals surface area contributed by atoms with Crippen molar-refractivity contribution in [3.63, 3.8) is 0 Å². The van der Waals surface area contributed by atoms with Gasteiger partial charge >= 0.3 is 0 Å². The van der Waals surface area contributed by atoms with Gasteiger partial charge < -0.3 is 10.2 Å². The van der Waals surface area contributed by atoms with E-state index >= 15 is 0 Å². The summed E-state index contributed by atoms with van der Waals surface area (Å²) in [6, 6.07) is 0.169. The molecule has 2 rings (SSSR count). The third-order valence-corrected chi connectivity index (χ3v) is 5.01. The molecule has 1 atom stereocenters. The number of hydrogen-bond acceptors (Lipinski definition) is 6. The molecule has 0 aromatic heterocycles. The van der Waals surface area contributed by atoms with Gasteiger partial charge in [-0.25, -0.2) is 0 Å². The monoisotopic (exact) mass is 360 g/mol. The average molecular weight is 360 g/mol. The summed E-state index contributed by atoms with van der Waals surface area (Å²) < 4.78 is 0. The molecule has 4 N–H and O–H groups in total. The Morgan fingerprint density at radius 3 is 2.44 bits per heavy atom. The van der Waals surface area contributed by atoms with Gasteiger partial charge in [-0.2, -0.15) is 0 Å². The van der Waals surface area contributed by atoms with Crippen LogP contribution in [0.1, 0.15) is 13.8 Å². The predicted molar refractivity (Wildman–Crippen MR) is 104 cm³/mol. The van der Waals surface area contributed by atoms with E-state index in [0.717, 1.165) is 43.5 Å². The zero-order valence-corrected chi connectivity index (χ0v) is 15.4. The van der Waals surface area contributed by atoms with Gasteiger partial charge in [0.15, 0.2) is 5.17 Å². The SMILES string of the molecule is C=C(NC(C)=O)SC(=N)N1CCN(C(C)C2=CC(=N)C(=N)C=C2)CC1. The zero-order chi connectivity index (χ0) is 18.6. The summed E-state index contributed by atoms with van der Waals surface area (Å²) >= 11 is 1.16. The van der Waals surface area contributed by atoms with Gasteiger partial charge in [0.25, 0.3) is 0 Å². The van der Waals surface area contributed by atoms with E-state index in [2.05, 4.69) is 23.7 Å². The highest BCUT2D eigenvalue weighted by Gasteiger charge is 2.25. The second kappa shape index (κ2) is 8.26. The van der Waals surface area contributed by atoms with Gasteiger partial charge in [-0.05, 0) is 36.4 Å². The number of carbonyl (C=O) groups is 1. The molecular weight excluding hydrogens is 336 g/mol. The Kier molecular flexibility index (Phi) is 6.33. The minimum atomic E-state index is -0.184. The highest BCUT2D eigenvalue weighted by molar-refractivity contribution is 8.16. The van der Waals surface area contributed by atoms with Crippen molar-refractivity contribution in [3.05, 3.63) is 35.4 Å². The van der Waals surface area contributed by atoms with E-state index in [9.17, 15) is 4.79 Å². The summed E-state index contributed by atoms with van der Waals surface area (Å²) in [7, 11) is 0. The van der Waals surface area contributed by atoms with Crippen molar-refractivity contribution in [1.29, 1.82) is 16.2 Å². The molecule has 0 aromatic carbocycles. The van der Waals surface area contributed by atoms with Crippen LogP contribution in [0.15, 0.2) is 35.4 Å². The molecule has 1 saturated heterocycles. The maximum absolute atomic E-state index is 11.0. The lowest BCUT2D eigenvalue weighted by molar-refractivity contribution is -0.118. The largest absolute Gasteiger partial charge is 0.349 e. The first-order valence-electron chi connectivity index (χ1n) is 8.07. The lowest BCUT2D eigenvalue weighted by Gasteiger charge is -2.39. The molecule has 134 valence electrons. The maximum Gasteiger partial charge on any atom is 0.221 e. The number of rotatable bonds is 4. The van der Waals surface area contributed by atoms with Crippen molar-refractivity contribution in [3.8, 4) is 0 Å². The number of carbonyl (C=O) groups excluding carboxylic acids is 1. The van der Waals surface area contributed by atoms with Crippen LogP contribution in [0.25, 0.3) is 0 Å². The highest BCUT2D eigenvalue weighted by atomic mass is 32.2. The lowest BCUT2D eigenvalue weighted by atomic mass is 9.97. The highest BCUT2D eigenvalue weighted by Crippen LogP contribution is 2.20. The molecule has 1 aliphatic heterocycles. The molecule has 7 nitrogen and oxygen atoms in total. The topological polar surface area (TPSA) is 107 Å². The van der Waals surface area contributed by atoms with Gasteiger partial charge in [0, 0.05) is 39.1 Å². The van der Waals surface area contributed by atoms with Crippen molar-refractivity contribution in [2.45, 2.75) is 19.9 Å². The Balaban J connectivity index is 1.86. The third-order valence-electron chi connectivity index (χ3n) is 4.21. The van der Waals surface area contributed by atoms with Gasteiger partial charge in [0.1, 0.15) is 0 Å². The van der Waals surface area contributed by atoms with E-state index in [4.69, 9.17) is 16.2 Å². The molecule has 1 heterocycles. The van der Waals surface area contributed by atoms with Crippen LogP contribution in [0.4, 0.5) is 0 Å². The predicted octanol–water partition coefficient (Wildman–Crippen LogP) is 1.80. The quantitative estimate of drug-likeness (QED) is 0.348. The fourth-order valence-corrected chi connectivity index (χ4v) is 3.49. The summed E-state index contributed by atoms with van der Waals surface area (Å²) in [6.07, 6.45) is 5.34. The molecule has 0 aromatic rings. The summed E-state index contributed by atoms with van der Waals surface area (Å²) in [5, 5.41) is 27.0. The van der Waals surface area contributed by atoms with Crippen molar-refractivity contribution < 1.29 is 4.79 Å². The number of piperazine rings is 1. The first kappa shape index (κ1) is 19.1. The minimum absolute atomic E-state index is 0.169. The van der Waals surface area contributed by atoms with E-state index in [1.165, 1.54) is 6.92 Å². The van der Waals surface area contributed by atoms with Gasteiger partial charge in [0.05, 0.1) is 16.5 Å². The van der Waals surface area contributed by atoms with Crippen LogP contribution >= 0.6 is 11.8 Å². The first-order valence-corrected chi connectivity index (χ1v) is 8.88. The molecule has 0 saturated carbocycles. The van der Waals surface area contributed by atoms with Crippen LogP contribution in [0.2, 0.25) is 0 Å². The van der Waals surface area contributed by atoms with Gasteiger partial charge in [-0.15, -0.1) is 0 Å². The molecule has 0 bridgehead atoms. The minimum Gasteiger partial charge on any atom is -0.349 e. The normalized spacial score (nSPS) is 19.4.